The van der Waals surface area contributed by atoms with E-state index in [1.54, 1.807) is 0 Å². The third kappa shape index (κ3) is 4.59. The zero-order valence-corrected chi connectivity index (χ0v) is 15.4. The molecule has 0 saturated heterocycles. The minimum absolute atomic E-state index is 0.408. The SMILES string of the molecule is C[C@@H]1CCn2nc(-c3ccc(CNC(=O)OC(C)(C)C)cc3)nc2C1. The molecule has 6 nitrogen and oxygen atoms in total. The number of benzene rings is 1. The lowest BCUT2D eigenvalue weighted by Crippen LogP contribution is -2.32. The lowest BCUT2D eigenvalue weighted by molar-refractivity contribution is 0.0523. The van der Waals surface area contributed by atoms with Gasteiger partial charge in [0.25, 0.3) is 0 Å². The second-order valence-corrected chi connectivity index (χ2v) is 7.73. The molecule has 1 aromatic carbocycles. The Hall–Kier alpha value is -2.37. The van der Waals surface area contributed by atoms with Crippen molar-refractivity contribution in [3.8, 4) is 11.4 Å². The van der Waals surface area contributed by atoms with Crippen LogP contribution in [-0.2, 0) is 24.2 Å². The first-order valence-corrected chi connectivity index (χ1v) is 8.80. The third-order valence-electron chi connectivity index (χ3n) is 4.16. The van der Waals surface area contributed by atoms with Crippen LogP contribution < -0.4 is 5.32 Å². The minimum atomic E-state index is -0.489. The van der Waals surface area contributed by atoms with Crippen LogP contribution in [0.25, 0.3) is 11.4 Å². The highest BCUT2D eigenvalue weighted by atomic mass is 16.6. The number of fused-ring (bicyclic) bond motifs is 1. The van der Waals surface area contributed by atoms with Crippen LogP contribution in [0.4, 0.5) is 4.79 Å². The molecule has 134 valence electrons. The molecule has 6 heteroatoms. The van der Waals surface area contributed by atoms with E-state index in [9.17, 15) is 4.79 Å². The predicted molar refractivity (Wildman–Crippen MR) is 96.0 cm³/mol. The Morgan fingerprint density at radius 2 is 2.04 bits per heavy atom. The molecule has 0 unspecified atom stereocenters. The number of nitrogens with one attached hydrogen (secondary N) is 1. The van der Waals surface area contributed by atoms with E-state index in [1.807, 2.05) is 49.7 Å². The highest BCUT2D eigenvalue weighted by Crippen LogP contribution is 2.22. The Morgan fingerprint density at radius 3 is 2.72 bits per heavy atom. The van der Waals surface area contributed by atoms with Crippen LogP contribution in [0.1, 0.15) is 45.5 Å². The maximum Gasteiger partial charge on any atom is 0.407 e. The van der Waals surface area contributed by atoms with Crippen molar-refractivity contribution in [2.45, 2.75) is 59.2 Å². The number of rotatable bonds is 3. The topological polar surface area (TPSA) is 69.0 Å². The number of carbonyl (C=O) groups is 1. The lowest BCUT2D eigenvalue weighted by Gasteiger charge is -2.19. The molecule has 3 rings (SSSR count). The van der Waals surface area contributed by atoms with E-state index < -0.39 is 11.7 Å². The highest BCUT2D eigenvalue weighted by molar-refractivity contribution is 5.67. The van der Waals surface area contributed by atoms with E-state index in [4.69, 9.17) is 4.74 Å². The molecule has 1 aliphatic rings. The van der Waals surface area contributed by atoms with E-state index in [0.717, 1.165) is 42.2 Å². The van der Waals surface area contributed by atoms with E-state index in [-0.39, 0.29) is 0 Å². The number of aromatic nitrogens is 3. The van der Waals surface area contributed by atoms with Crippen LogP contribution >= 0.6 is 0 Å². The molecule has 0 radical (unpaired) electrons. The molecule has 25 heavy (non-hydrogen) atoms. The average molecular weight is 342 g/mol. The molecule has 2 aromatic rings. The van der Waals surface area contributed by atoms with Crippen molar-refractivity contribution in [1.82, 2.24) is 20.1 Å². The summed E-state index contributed by atoms with van der Waals surface area (Å²) in [4.78, 5) is 16.4. The second-order valence-electron chi connectivity index (χ2n) is 7.73. The van der Waals surface area contributed by atoms with Gasteiger partial charge in [-0.3, -0.25) is 0 Å². The zero-order valence-electron chi connectivity index (χ0n) is 15.4. The van der Waals surface area contributed by atoms with Gasteiger partial charge in [0.2, 0.25) is 0 Å². The number of aryl methyl sites for hydroxylation is 1. The van der Waals surface area contributed by atoms with Crippen molar-refractivity contribution in [2.75, 3.05) is 0 Å². The van der Waals surface area contributed by atoms with Gasteiger partial charge in [-0.15, -0.1) is 0 Å². The fourth-order valence-corrected chi connectivity index (χ4v) is 2.84. The molecule has 1 aromatic heterocycles. The molecule has 0 fully saturated rings. The number of alkyl carbamates (subject to hydrolysis) is 1. The molecule has 0 saturated carbocycles. The summed E-state index contributed by atoms with van der Waals surface area (Å²) in [5.74, 6) is 2.52. The fraction of sp³-hybridized carbons (Fsp3) is 0.526. The first-order chi connectivity index (χ1) is 11.8. The van der Waals surface area contributed by atoms with Crippen molar-refractivity contribution in [1.29, 1.82) is 0 Å². The summed E-state index contributed by atoms with van der Waals surface area (Å²) in [6.45, 7) is 9.17. The van der Waals surface area contributed by atoms with E-state index in [0.29, 0.717) is 12.5 Å². The molecule has 0 aliphatic carbocycles. The number of nitrogens with zero attached hydrogens (tertiary/aromatic N) is 3. The number of carbonyl (C=O) groups excluding carboxylic acids is 1. The van der Waals surface area contributed by atoms with E-state index in [1.165, 1.54) is 0 Å². The summed E-state index contributed by atoms with van der Waals surface area (Å²) in [6.07, 6.45) is 1.74. The smallest absolute Gasteiger partial charge is 0.407 e. The van der Waals surface area contributed by atoms with Gasteiger partial charge in [-0.2, -0.15) is 5.10 Å². The molecular formula is C19H26N4O2. The van der Waals surface area contributed by atoms with Crippen LogP contribution in [0.3, 0.4) is 0 Å². The Balaban J connectivity index is 1.62. The number of amides is 1. The largest absolute Gasteiger partial charge is 0.444 e. The van der Waals surface area contributed by atoms with Crippen LogP contribution in [0.15, 0.2) is 24.3 Å². The quantitative estimate of drug-likeness (QED) is 0.926. The van der Waals surface area contributed by atoms with Crippen molar-refractivity contribution in [2.24, 2.45) is 5.92 Å². The molecule has 0 bridgehead atoms. The van der Waals surface area contributed by atoms with Crippen LogP contribution in [0, 0.1) is 5.92 Å². The van der Waals surface area contributed by atoms with Crippen molar-refractivity contribution in [3.63, 3.8) is 0 Å². The second kappa shape index (κ2) is 6.86. The molecule has 1 atom stereocenters. The lowest BCUT2D eigenvalue weighted by atomic mass is 10.0. The Bertz CT molecular complexity index is 744. The molecular weight excluding hydrogens is 316 g/mol. The Labute approximate surface area is 148 Å². The average Bonchev–Trinajstić information content (AvgIpc) is 2.95. The van der Waals surface area contributed by atoms with Gasteiger partial charge in [0.15, 0.2) is 5.82 Å². The number of hydrogen-bond acceptors (Lipinski definition) is 4. The van der Waals surface area contributed by atoms with Crippen molar-refractivity contribution in [3.05, 3.63) is 35.7 Å². The van der Waals surface area contributed by atoms with Gasteiger partial charge in [-0.05, 0) is 38.7 Å². The van der Waals surface area contributed by atoms with E-state index in [2.05, 4.69) is 22.3 Å². The standard InChI is InChI=1S/C19H26N4O2/c1-13-9-10-23-16(11-13)21-17(22-23)15-7-5-14(6-8-15)12-20-18(24)25-19(2,3)4/h5-8,13H,9-12H2,1-4H3,(H,20,24)/t13-/m1/s1. The summed E-state index contributed by atoms with van der Waals surface area (Å²) in [7, 11) is 0. The molecule has 1 amide bonds. The van der Waals surface area contributed by atoms with Crippen LogP contribution in [0.5, 0.6) is 0 Å². The van der Waals surface area contributed by atoms with E-state index >= 15 is 0 Å². The van der Waals surface area contributed by atoms with Crippen LogP contribution in [-0.4, -0.2) is 26.5 Å². The van der Waals surface area contributed by atoms with Gasteiger partial charge in [0.1, 0.15) is 11.4 Å². The number of hydrogen-bond donors (Lipinski definition) is 1. The number of ether oxygens (including phenoxy) is 1. The van der Waals surface area contributed by atoms with Crippen LogP contribution in [0.2, 0.25) is 0 Å². The van der Waals surface area contributed by atoms with Gasteiger partial charge < -0.3 is 10.1 Å². The maximum atomic E-state index is 11.7. The zero-order chi connectivity index (χ0) is 18.0. The third-order valence-corrected chi connectivity index (χ3v) is 4.16. The Kier molecular flexibility index (Phi) is 4.79. The summed E-state index contributed by atoms with van der Waals surface area (Å²) in [5.41, 5.74) is 1.51. The van der Waals surface area contributed by atoms with Gasteiger partial charge >= 0.3 is 6.09 Å². The van der Waals surface area contributed by atoms with Crippen molar-refractivity contribution >= 4 is 6.09 Å². The summed E-state index contributed by atoms with van der Waals surface area (Å²) in [6, 6.07) is 7.96. The predicted octanol–water partition coefficient (Wildman–Crippen LogP) is 3.55. The normalized spacial score (nSPS) is 17.0. The van der Waals surface area contributed by atoms with Gasteiger partial charge in [-0.1, -0.05) is 31.2 Å². The van der Waals surface area contributed by atoms with Gasteiger partial charge in [-0.25, -0.2) is 14.5 Å². The first kappa shape index (κ1) is 17.5. The van der Waals surface area contributed by atoms with Gasteiger partial charge in [0.05, 0.1) is 0 Å². The Morgan fingerprint density at radius 1 is 1.32 bits per heavy atom. The molecule has 0 spiro atoms. The molecule has 2 heterocycles. The first-order valence-electron chi connectivity index (χ1n) is 8.80. The summed E-state index contributed by atoms with van der Waals surface area (Å²) >= 11 is 0. The molecule has 1 aliphatic heterocycles. The monoisotopic (exact) mass is 342 g/mol. The van der Waals surface area contributed by atoms with Gasteiger partial charge in [0, 0.05) is 25.1 Å². The summed E-state index contributed by atoms with van der Waals surface area (Å²) < 4.78 is 7.26. The van der Waals surface area contributed by atoms with Crippen molar-refractivity contribution < 1.29 is 9.53 Å². The molecule has 1 N–H and O–H groups in total. The minimum Gasteiger partial charge on any atom is -0.444 e. The maximum absolute atomic E-state index is 11.7. The fourth-order valence-electron chi connectivity index (χ4n) is 2.84. The summed E-state index contributed by atoms with van der Waals surface area (Å²) in [5, 5.41) is 7.38. The highest BCUT2D eigenvalue weighted by Gasteiger charge is 2.19.